The first-order valence-electron chi connectivity index (χ1n) is 8.80. The summed E-state index contributed by atoms with van der Waals surface area (Å²) in [4.78, 5) is 16.0. The molecule has 144 valence electrons. The minimum absolute atomic E-state index is 0.00713. The second-order valence-corrected chi connectivity index (χ2v) is 8.29. The van der Waals surface area contributed by atoms with E-state index in [4.69, 9.17) is 9.92 Å². The van der Waals surface area contributed by atoms with Gasteiger partial charge in [0.25, 0.3) is 0 Å². The van der Waals surface area contributed by atoms with E-state index in [1.807, 2.05) is 13.0 Å². The predicted molar refractivity (Wildman–Crippen MR) is 104 cm³/mol. The first-order valence-corrected chi connectivity index (χ1v) is 10.2. The lowest BCUT2D eigenvalue weighted by atomic mass is 9.94. The van der Waals surface area contributed by atoms with Gasteiger partial charge >= 0.3 is 10.1 Å². The molecule has 8 heteroatoms. The van der Waals surface area contributed by atoms with Gasteiger partial charge in [-0.05, 0) is 54.3 Å². The predicted octanol–water partition coefficient (Wildman–Crippen LogP) is 1.98. The van der Waals surface area contributed by atoms with Gasteiger partial charge in [-0.25, -0.2) is 0 Å². The van der Waals surface area contributed by atoms with Crippen molar-refractivity contribution in [1.82, 2.24) is 10.3 Å². The fourth-order valence-corrected chi connectivity index (χ4v) is 4.55. The highest BCUT2D eigenvalue weighted by molar-refractivity contribution is 7.87. The molecule has 4 rings (SSSR count). The van der Waals surface area contributed by atoms with Crippen LogP contribution in [0.2, 0.25) is 0 Å². The second kappa shape index (κ2) is 6.88. The number of aryl methyl sites for hydroxylation is 1. The van der Waals surface area contributed by atoms with Crippen molar-refractivity contribution in [3.63, 3.8) is 0 Å². The molecule has 1 unspecified atom stereocenters. The van der Waals surface area contributed by atoms with Crippen molar-refractivity contribution < 1.29 is 17.4 Å². The number of fused-ring (bicyclic) bond motifs is 2. The number of benzene rings is 2. The van der Waals surface area contributed by atoms with Crippen molar-refractivity contribution in [3.8, 4) is 5.75 Å². The van der Waals surface area contributed by atoms with Crippen molar-refractivity contribution >= 4 is 26.9 Å². The third-order valence-corrected chi connectivity index (χ3v) is 6.02. The van der Waals surface area contributed by atoms with Gasteiger partial charge in [0.2, 0.25) is 5.91 Å². The monoisotopic (exact) mass is 397 g/mol. The van der Waals surface area contributed by atoms with Crippen LogP contribution >= 0.6 is 0 Å². The zero-order chi connectivity index (χ0) is 19.9. The maximum absolute atomic E-state index is 12.9. The molecule has 0 aliphatic carbocycles. The summed E-state index contributed by atoms with van der Waals surface area (Å²) in [6, 6.07) is 11.0. The van der Waals surface area contributed by atoms with Crippen LogP contribution in [0.5, 0.6) is 5.75 Å². The SMILES string of the molecule is Cc1cnc2c(S(=O)(=O)Oc3ccc4c(c3)C(C(N)=O)NCC4)cccc2c1. The third-order valence-electron chi connectivity index (χ3n) is 4.74. The van der Waals surface area contributed by atoms with Crippen LogP contribution in [0.4, 0.5) is 0 Å². The third kappa shape index (κ3) is 3.32. The van der Waals surface area contributed by atoms with Crippen molar-refractivity contribution in [2.75, 3.05) is 6.54 Å². The lowest BCUT2D eigenvalue weighted by Crippen LogP contribution is -2.38. The van der Waals surface area contributed by atoms with E-state index < -0.39 is 22.1 Å². The number of carbonyl (C=O) groups excluding carboxylic acids is 1. The molecule has 28 heavy (non-hydrogen) atoms. The van der Waals surface area contributed by atoms with Crippen LogP contribution < -0.4 is 15.2 Å². The number of amides is 1. The van der Waals surface area contributed by atoms with E-state index in [1.54, 1.807) is 36.5 Å². The lowest BCUT2D eigenvalue weighted by molar-refractivity contribution is -0.120. The van der Waals surface area contributed by atoms with Crippen molar-refractivity contribution in [2.45, 2.75) is 24.3 Å². The van der Waals surface area contributed by atoms with Crippen LogP contribution in [0, 0.1) is 6.92 Å². The first kappa shape index (κ1) is 18.4. The van der Waals surface area contributed by atoms with Gasteiger partial charge < -0.3 is 15.2 Å². The van der Waals surface area contributed by atoms with Crippen LogP contribution in [0.1, 0.15) is 22.7 Å². The van der Waals surface area contributed by atoms with E-state index in [0.717, 1.165) is 17.5 Å². The zero-order valence-electron chi connectivity index (χ0n) is 15.2. The fraction of sp³-hybridized carbons (Fsp3) is 0.200. The number of para-hydroxylation sites is 1. The average molecular weight is 397 g/mol. The fourth-order valence-electron chi connectivity index (χ4n) is 3.45. The number of hydrogen-bond donors (Lipinski definition) is 2. The maximum Gasteiger partial charge on any atom is 0.341 e. The molecule has 3 aromatic rings. The molecule has 1 amide bonds. The molecule has 0 radical (unpaired) electrons. The van der Waals surface area contributed by atoms with Gasteiger partial charge in [-0.15, -0.1) is 0 Å². The molecule has 2 aromatic carbocycles. The summed E-state index contributed by atoms with van der Waals surface area (Å²) in [7, 11) is -4.12. The summed E-state index contributed by atoms with van der Waals surface area (Å²) in [6.45, 7) is 2.51. The number of pyridine rings is 1. The second-order valence-electron chi connectivity index (χ2n) is 6.78. The molecular formula is C20H19N3O4S. The van der Waals surface area contributed by atoms with E-state index in [1.165, 1.54) is 6.07 Å². The largest absolute Gasteiger partial charge is 0.379 e. The minimum atomic E-state index is -4.12. The molecule has 0 bridgehead atoms. The Labute approximate surface area is 162 Å². The molecule has 7 nitrogen and oxygen atoms in total. The first-order chi connectivity index (χ1) is 13.3. The molecule has 1 aliphatic rings. The zero-order valence-corrected chi connectivity index (χ0v) is 16.0. The molecule has 1 aromatic heterocycles. The Morgan fingerprint density at radius 2 is 2.07 bits per heavy atom. The highest BCUT2D eigenvalue weighted by Gasteiger charge is 2.26. The number of nitrogens with zero attached hydrogens (tertiary/aromatic N) is 1. The van der Waals surface area contributed by atoms with E-state index in [-0.39, 0.29) is 10.6 Å². The molecule has 0 saturated carbocycles. The van der Waals surface area contributed by atoms with Gasteiger partial charge in [0.1, 0.15) is 16.7 Å². The van der Waals surface area contributed by atoms with Crippen LogP contribution in [0.15, 0.2) is 53.6 Å². The number of primary amides is 1. The van der Waals surface area contributed by atoms with E-state index >= 15 is 0 Å². The van der Waals surface area contributed by atoms with Crippen molar-refractivity contribution in [3.05, 3.63) is 65.4 Å². The Morgan fingerprint density at radius 3 is 2.86 bits per heavy atom. The number of aromatic nitrogens is 1. The number of carbonyl (C=O) groups is 1. The van der Waals surface area contributed by atoms with Crippen molar-refractivity contribution in [1.29, 1.82) is 0 Å². The Hall–Kier alpha value is -2.97. The van der Waals surface area contributed by atoms with Gasteiger partial charge in [-0.3, -0.25) is 9.78 Å². The minimum Gasteiger partial charge on any atom is -0.379 e. The number of nitrogens with one attached hydrogen (secondary N) is 1. The number of nitrogens with two attached hydrogens (primary N) is 1. The summed E-state index contributed by atoms with van der Waals surface area (Å²) in [6.07, 6.45) is 2.34. The molecular weight excluding hydrogens is 378 g/mol. The molecule has 2 heterocycles. The van der Waals surface area contributed by atoms with Crippen LogP contribution in [0.25, 0.3) is 10.9 Å². The van der Waals surface area contributed by atoms with E-state index in [2.05, 4.69) is 10.3 Å². The highest BCUT2D eigenvalue weighted by atomic mass is 32.2. The molecule has 1 atom stereocenters. The molecule has 0 saturated heterocycles. The quantitative estimate of drug-likeness (QED) is 0.651. The van der Waals surface area contributed by atoms with Gasteiger partial charge in [0, 0.05) is 18.1 Å². The summed E-state index contributed by atoms with van der Waals surface area (Å²) < 4.78 is 31.2. The summed E-state index contributed by atoms with van der Waals surface area (Å²) >= 11 is 0. The van der Waals surface area contributed by atoms with Crippen LogP contribution in [-0.4, -0.2) is 25.9 Å². The smallest absolute Gasteiger partial charge is 0.341 e. The Morgan fingerprint density at radius 1 is 1.25 bits per heavy atom. The molecule has 0 fully saturated rings. The lowest BCUT2D eigenvalue weighted by Gasteiger charge is -2.25. The molecule has 3 N–H and O–H groups in total. The summed E-state index contributed by atoms with van der Waals surface area (Å²) in [5.74, 6) is -0.396. The van der Waals surface area contributed by atoms with Gasteiger partial charge in [0.15, 0.2) is 0 Å². The Kier molecular flexibility index (Phi) is 4.52. The van der Waals surface area contributed by atoms with Gasteiger partial charge in [-0.2, -0.15) is 8.42 Å². The topological polar surface area (TPSA) is 111 Å². The average Bonchev–Trinajstić information content (AvgIpc) is 2.66. The van der Waals surface area contributed by atoms with Crippen LogP contribution in [0.3, 0.4) is 0 Å². The number of rotatable bonds is 4. The standard InChI is InChI=1S/C20H19N3O4S/c1-12-9-14-3-2-4-17(18(14)23-11-12)28(25,26)27-15-6-5-13-7-8-22-19(20(21)24)16(13)10-15/h2-6,9-11,19,22H,7-8H2,1H3,(H2,21,24). The maximum atomic E-state index is 12.9. The van der Waals surface area contributed by atoms with E-state index in [9.17, 15) is 13.2 Å². The molecule has 1 aliphatic heterocycles. The summed E-state index contributed by atoms with van der Waals surface area (Å²) in [5.41, 5.74) is 8.32. The van der Waals surface area contributed by atoms with Gasteiger partial charge in [0.05, 0.1) is 5.52 Å². The van der Waals surface area contributed by atoms with Crippen molar-refractivity contribution in [2.24, 2.45) is 5.73 Å². The van der Waals surface area contributed by atoms with E-state index in [0.29, 0.717) is 23.0 Å². The Bertz CT molecular complexity index is 1190. The number of hydrogen-bond acceptors (Lipinski definition) is 6. The normalized spacial score (nSPS) is 16.5. The molecule has 0 spiro atoms. The highest BCUT2D eigenvalue weighted by Crippen LogP contribution is 2.30. The van der Waals surface area contributed by atoms with Crippen LogP contribution in [-0.2, 0) is 21.3 Å². The van der Waals surface area contributed by atoms with Gasteiger partial charge in [-0.1, -0.05) is 18.2 Å². The Balaban J connectivity index is 1.73. The summed E-state index contributed by atoms with van der Waals surface area (Å²) in [5, 5.41) is 3.75.